The van der Waals surface area contributed by atoms with Gasteiger partial charge >= 0.3 is 10.1 Å². The van der Waals surface area contributed by atoms with Gasteiger partial charge in [-0.1, -0.05) is 24.3 Å². The standard InChI is InChI=1S/C38H41NO6S2/c1-37(2,3)43-31-17-23-34(24-18-31)46(45-47(40,41)36-13-8-7-9-14-36,35-25-19-32(20-26-35)44-38(4,5)6)33-21-15-30(16-22-33)42-28-29-12-10-11-27-39-29/h7-27H,28H2,1-6H3. The van der Waals surface area contributed by atoms with Gasteiger partial charge in [-0.2, -0.15) is 8.42 Å². The molecular formula is C38H41NO6S2. The lowest BCUT2D eigenvalue weighted by atomic mass is 10.2. The zero-order valence-electron chi connectivity index (χ0n) is 27.5. The van der Waals surface area contributed by atoms with E-state index in [1.165, 1.54) is 12.1 Å². The largest absolute Gasteiger partial charge is 0.488 e. The minimum absolute atomic E-state index is 0.0626. The fraction of sp³-hybridized carbons (Fsp3) is 0.237. The molecule has 5 rings (SSSR count). The van der Waals surface area contributed by atoms with Crippen molar-refractivity contribution in [3.63, 3.8) is 0 Å². The van der Waals surface area contributed by atoms with Crippen molar-refractivity contribution in [2.45, 2.75) is 78.9 Å². The van der Waals surface area contributed by atoms with Crippen LogP contribution >= 0.6 is 10.3 Å². The molecule has 5 aromatic rings. The average Bonchev–Trinajstić information content (AvgIpc) is 3.03. The van der Waals surface area contributed by atoms with Crippen LogP contribution in [0.5, 0.6) is 17.2 Å². The highest BCUT2D eigenvalue weighted by molar-refractivity contribution is 8.33. The van der Waals surface area contributed by atoms with Gasteiger partial charge in [-0.15, -0.1) is 0 Å². The van der Waals surface area contributed by atoms with Gasteiger partial charge < -0.3 is 14.2 Å². The van der Waals surface area contributed by atoms with Crippen molar-refractivity contribution < 1.29 is 26.3 Å². The van der Waals surface area contributed by atoms with E-state index >= 15 is 0 Å². The van der Waals surface area contributed by atoms with Gasteiger partial charge in [0, 0.05) is 20.9 Å². The van der Waals surface area contributed by atoms with Gasteiger partial charge in [-0.3, -0.25) is 4.98 Å². The van der Waals surface area contributed by atoms with E-state index in [2.05, 4.69) is 4.98 Å². The lowest BCUT2D eigenvalue weighted by Gasteiger charge is -2.39. The summed E-state index contributed by atoms with van der Waals surface area (Å²) in [5, 5.41) is 0. The monoisotopic (exact) mass is 671 g/mol. The summed E-state index contributed by atoms with van der Waals surface area (Å²) in [4.78, 5) is 6.40. The van der Waals surface area contributed by atoms with Gasteiger partial charge in [-0.25, -0.2) is 3.63 Å². The van der Waals surface area contributed by atoms with Crippen molar-refractivity contribution in [3.8, 4) is 17.2 Å². The second-order valence-electron chi connectivity index (χ2n) is 12.8. The molecule has 0 unspecified atom stereocenters. The first kappa shape index (κ1) is 34.0. The zero-order valence-corrected chi connectivity index (χ0v) is 29.2. The van der Waals surface area contributed by atoms with Crippen LogP contribution in [0, 0.1) is 0 Å². The molecule has 7 nitrogen and oxygen atoms in total. The number of rotatable bonds is 11. The van der Waals surface area contributed by atoms with Crippen LogP contribution in [0.15, 0.2) is 147 Å². The third-order valence-corrected chi connectivity index (χ3v) is 11.8. The van der Waals surface area contributed by atoms with Crippen molar-refractivity contribution >= 4 is 20.4 Å². The topological polar surface area (TPSA) is 84.0 Å². The van der Waals surface area contributed by atoms with Crippen LogP contribution in [0.2, 0.25) is 0 Å². The number of benzene rings is 4. The second kappa shape index (κ2) is 13.8. The lowest BCUT2D eigenvalue weighted by molar-refractivity contribution is 0.130. The van der Waals surface area contributed by atoms with Gasteiger partial charge in [0.05, 0.1) is 10.6 Å². The molecule has 0 N–H and O–H groups in total. The lowest BCUT2D eigenvalue weighted by Crippen LogP contribution is -2.23. The smallest absolute Gasteiger partial charge is 0.307 e. The van der Waals surface area contributed by atoms with Crippen LogP contribution in [0.3, 0.4) is 0 Å². The molecule has 0 aliphatic heterocycles. The summed E-state index contributed by atoms with van der Waals surface area (Å²) in [6, 6.07) is 36.1. The predicted molar refractivity (Wildman–Crippen MR) is 186 cm³/mol. The van der Waals surface area contributed by atoms with E-state index in [9.17, 15) is 8.42 Å². The molecule has 0 spiro atoms. The SMILES string of the molecule is CC(C)(C)Oc1ccc(S(OS(=O)(=O)c2ccccc2)(c2ccc(OCc3ccccn3)cc2)c2ccc(OC(C)(C)C)cc2)cc1. The fourth-order valence-corrected chi connectivity index (χ4v) is 9.96. The summed E-state index contributed by atoms with van der Waals surface area (Å²) in [7, 11) is -7.17. The van der Waals surface area contributed by atoms with E-state index < -0.39 is 31.6 Å². The first-order valence-corrected chi connectivity index (χ1v) is 18.3. The molecule has 9 heteroatoms. The predicted octanol–water partition coefficient (Wildman–Crippen LogP) is 9.62. The van der Waals surface area contributed by atoms with Crippen LogP contribution in [-0.4, -0.2) is 24.6 Å². The van der Waals surface area contributed by atoms with Crippen molar-refractivity contribution in [2.24, 2.45) is 0 Å². The Hall–Kier alpha value is -4.31. The molecule has 0 amide bonds. The quantitative estimate of drug-likeness (QED) is 0.138. The van der Waals surface area contributed by atoms with Crippen LogP contribution in [0.4, 0.5) is 0 Å². The molecule has 47 heavy (non-hydrogen) atoms. The van der Waals surface area contributed by atoms with E-state index in [1.807, 2.05) is 133 Å². The Morgan fingerprint density at radius 2 is 0.979 bits per heavy atom. The average molecular weight is 672 g/mol. The summed E-state index contributed by atoms with van der Waals surface area (Å²) >= 11 is 0. The molecule has 246 valence electrons. The highest BCUT2D eigenvalue weighted by atomic mass is 32.3. The molecule has 1 aromatic heterocycles. The molecule has 0 fully saturated rings. The Bertz CT molecular complexity index is 1790. The number of hydrogen-bond acceptors (Lipinski definition) is 7. The maximum atomic E-state index is 14.1. The highest BCUT2D eigenvalue weighted by Crippen LogP contribution is 2.70. The molecule has 4 aromatic carbocycles. The Morgan fingerprint density at radius 3 is 1.40 bits per heavy atom. The van der Waals surface area contributed by atoms with E-state index in [-0.39, 0.29) is 4.90 Å². The summed E-state index contributed by atoms with van der Waals surface area (Å²) in [6.45, 7) is 12.2. The number of hydrogen-bond donors (Lipinski definition) is 0. The summed E-state index contributed by atoms with van der Waals surface area (Å²) in [6.07, 6.45) is 1.72. The Balaban J connectivity index is 1.66. The van der Waals surface area contributed by atoms with Gasteiger partial charge in [0.1, 0.15) is 35.1 Å². The minimum Gasteiger partial charge on any atom is -0.488 e. The molecule has 0 saturated carbocycles. The number of ether oxygens (including phenoxy) is 3. The zero-order chi connectivity index (χ0) is 33.7. The minimum atomic E-state index is -4.26. The molecule has 1 heterocycles. The van der Waals surface area contributed by atoms with Gasteiger partial charge in [-0.05, 0) is 149 Å². The molecule has 0 atom stereocenters. The summed E-state index contributed by atoms with van der Waals surface area (Å²) in [5.41, 5.74) is -0.0249. The van der Waals surface area contributed by atoms with Gasteiger partial charge in [0.25, 0.3) is 0 Å². The van der Waals surface area contributed by atoms with E-state index in [0.717, 1.165) is 5.69 Å². The van der Waals surface area contributed by atoms with Gasteiger partial charge in [0.15, 0.2) is 0 Å². The Kier molecular flexibility index (Phi) is 10.0. The second-order valence-corrected chi connectivity index (χ2v) is 17.3. The molecule has 0 aliphatic rings. The Labute approximate surface area is 280 Å². The molecule has 0 bridgehead atoms. The maximum Gasteiger partial charge on any atom is 0.307 e. The summed E-state index contributed by atoms with van der Waals surface area (Å²) in [5.74, 6) is 1.93. The maximum absolute atomic E-state index is 14.1. The Morgan fingerprint density at radius 1 is 0.532 bits per heavy atom. The van der Waals surface area contributed by atoms with E-state index in [4.69, 9.17) is 17.8 Å². The number of nitrogens with zero attached hydrogens (tertiary/aromatic N) is 1. The van der Waals surface area contributed by atoms with Crippen LogP contribution in [-0.2, 0) is 20.4 Å². The third-order valence-electron chi connectivity index (χ3n) is 6.65. The third kappa shape index (κ3) is 8.74. The van der Waals surface area contributed by atoms with Crippen molar-refractivity contribution in [2.75, 3.05) is 0 Å². The van der Waals surface area contributed by atoms with Crippen LogP contribution < -0.4 is 14.2 Å². The molecule has 0 aliphatic carbocycles. The molecule has 0 radical (unpaired) electrons. The van der Waals surface area contributed by atoms with Crippen molar-refractivity contribution in [3.05, 3.63) is 133 Å². The fourth-order valence-electron chi connectivity index (χ4n) is 4.76. The van der Waals surface area contributed by atoms with E-state index in [1.54, 1.807) is 24.4 Å². The normalized spacial score (nSPS) is 12.7. The van der Waals surface area contributed by atoms with Gasteiger partial charge in [0.2, 0.25) is 0 Å². The highest BCUT2D eigenvalue weighted by Gasteiger charge is 2.39. The van der Waals surface area contributed by atoms with E-state index in [0.29, 0.717) is 38.5 Å². The number of aromatic nitrogens is 1. The first-order chi connectivity index (χ1) is 22.2. The molecular weight excluding hydrogens is 631 g/mol. The molecule has 0 saturated heterocycles. The van der Waals surface area contributed by atoms with Crippen LogP contribution in [0.1, 0.15) is 47.2 Å². The summed E-state index contributed by atoms with van der Waals surface area (Å²) < 4.78 is 53.0. The number of pyridine rings is 1. The van der Waals surface area contributed by atoms with Crippen molar-refractivity contribution in [1.29, 1.82) is 0 Å². The van der Waals surface area contributed by atoms with Crippen LogP contribution in [0.25, 0.3) is 0 Å². The van der Waals surface area contributed by atoms with Crippen molar-refractivity contribution in [1.82, 2.24) is 4.98 Å². The first-order valence-electron chi connectivity index (χ1n) is 15.3.